The molecule has 2 atom stereocenters. The van der Waals surface area contributed by atoms with Crippen LogP contribution in [0.4, 0.5) is 0 Å². The molecule has 0 saturated carbocycles. The zero-order chi connectivity index (χ0) is 11.4. The van der Waals surface area contributed by atoms with E-state index < -0.39 is 0 Å². The van der Waals surface area contributed by atoms with Crippen LogP contribution in [0.25, 0.3) is 0 Å². The minimum Gasteiger partial charge on any atom is -0.468 e. The van der Waals surface area contributed by atoms with E-state index in [2.05, 4.69) is 25.7 Å². The van der Waals surface area contributed by atoms with Crippen molar-refractivity contribution >= 4 is 5.97 Å². The summed E-state index contributed by atoms with van der Waals surface area (Å²) in [5, 5.41) is 0. The number of ether oxygens (including phenoxy) is 1. The van der Waals surface area contributed by atoms with E-state index >= 15 is 0 Å². The number of rotatable bonds is 3. The van der Waals surface area contributed by atoms with E-state index in [9.17, 15) is 4.79 Å². The first kappa shape index (κ1) is 12.5. The summed E-state index contributed by atoms with van der Waals surface area (Å²) in [4.78, 5) is 14.0. The lowest BCUT2D eigenvalue weighted by molar-refractivity contribution is -0.150. The minimum atomic E-state index is -0.0845. The molecular weight excluding hydrogens is 190 g/mol. The molecule has 1 rings (SSSR count). The summed E-state index contributed by atoms with van der Waals surface area (Å²) in [6, 6.07) is 0.440. The molecule has 1 heterocycles. The number of likely N-dealkylation sites (tertiary alicyclic amines) is 1. The van der Waals surface area contributed by atoms with Gasteiger partial charge >= 0.3 is 5.97 Å². The molecule has 1 fully saturated rings. The SMILES string of the molecule is COC(=O)[C@@H](C(C)C)N1CCCC[C@H]1C. The topological polar surface area (TPSA) is 29.5 Å². The Morgan fingerprint density at radius 2 is 2.07 bits per heavy atom. The summed E-state index contributed by atoms with van der Waals surface area (Å²) in [5.41, 5.74) is 0. The molecule has 0 aliphatic carbocycles. The van der Waals surface area contributed by atoms with Crippen molar-refractivity contribution < 1.29 is 9.53 Å². The Morgan fingerprint density at radius 1 is 1.40 bits per heavy atom. The molecular formula is C12H23NO2. The van der Waals surface area contributed by atoms with Gasteiger partial charge in [0, 0.05) is 6.04 Å². The number of piperidine rings is 1. The van der Waals surface area contributed by atoms with E-state index in [0.29, 0.717) is 12.0 Å². The van der Waals surface area contributed by atoms with Crippen molar-refractivity contribution in [2.24, 2.45) is 5.92 Å². The first-order valence-electron chi connectivity index (χ1n) is 5.91. The molecule has 88 valence electrons. The van der Waals surface area contributed by atoms with Crippen molar-refractivity contribution in [2.45, 2.75) is 52.1 Å². The lowest BCUT2D eigenvalue weighted by Gasteiger charge is -2.39. The monoisotopic (exact) mass is 213 g/mol. The van der Waals surface area contributed by atoms with Crippen molar-refractivity contribution in [1.82, 2.24) is 4.90 Å². The van der Waals surface area contributed by atoms with Crippen molar-refractivity contribution in [1.29, 1.82) is 0 Å². The van der Waals surface area contributed by atoms with Crippen LogP contribution in [0.2, 0.25) is 0 Å². The second kappa shape index (κ2) is 5.50. The van der Waals surface area contributed by atoms with Gasteiger partial charge in [0.05, 0.1) is 7.11 Å². The molecule has 0 aromatic heterocycles. The smallest absolute Gasteiger partial charge is 0.323 e. The molecule has 1 aliphatic heterocycles. The Kier molecular flexibility index (Phi) is 4.58. The fourth-order valence-corrected chi connectivity index (χ4v) is 2.44. The summed E-state index contributed by atoms with van der Waals surface area (Å²) in [5.74, 6) is 0.233. The summed E-state index contributed by atoms with van der Waals surface area (Å²) >= 11 is 0. The number of carbonyl (C=O) groups is 1. The maximum Gasteiger partial charge on any atom is 0.323 e. The predicted molar refractivity (Wildman–Crippen MR) is 60.7 cm³/mol. The first-order chi connectivity index (χ1) is 7.07. The highest BCUT2D eigenvalue weighted by molar-refractivity contribution is 5.76. The Bertz CT molecular complexity index is 216. The molecule has 0 unspecified atom stereocenters. The molecule has 3 nitrogen and oxygen atoms in total. The Labute approximate surface area is 92.8 Å². The van der Waals surface area contributed by atoms with Crippen LogP contribution in [0, 0.1) is 5.92 Å². The fraction of sp³-hybridized carbons (Fsp3) is 0.917. The summed E-state index contributed by atoms with van der Waals surface area (Å²) in [6.45, 7) is 7.41. The number of hydrogen-bond acceptors (Lipinski definition) is 3. The largest absolute Gasteiger partial charge is 0.468 e. The predicted octanol–water partition coefficient (Wildman–Crippen LogP) is 2.06. The van der Waals surface area contributed by atoms with E-state index in [1.54, 1.807) is 0 Å². The van der Waals surface area contributed by atoms with Crippen LogP contribution in [0.15, 0.2) is 0 Å². The van der Waals surface area contributed by atoms with Gasteiger partial charge in [-0.05, 0) is 32.2 Å². The molecule has 1 aliphatic rings. The van der Waals surface area contributed by atoms with E-state index in [0.717, 1.165) is 6.54 Å². The Balaban J connectivity index is 2.73. The van der Waals surface area contributed by atoms with Crippen molar-refractivity contribution in [3.05, 3.63) is 0 Å². The van der Waals surface area contributed by atoms with Crippen molar-refractivity contribution in [3.63, 3.8) is 0 Å². The van der Waals surface area contributed by atoms with Crippen LogP contribution >= 0.6 is 0 Å². The Hall–Kier alpha value is -0.570. The molecule has 0 N–H and O–H groups in total. The van der Waals surface area contributed by atoms with Crippen LogP contribution < -0.4 is 0 Å². The van der Waals surface area contributed by atoms with Gasteiger partial charge in [-0.1, -0.05) is 20.3 Å². The summed E-state index contributed by atoms with van der Waals surface area (Å²) in [7, 11) is 1.48. The van der Waals surface area contributed by atoms with Crippen molar-refractivity contribution in [3.8, 4) is 0 Å². The minimum absolute atomic E-state index is 0.0645. The highest BCUT2D eigenvalue weighted by atomic mass is 16.5. The molecule has 0 aromatic carbocycles. The van der Waals surface area contributed by atoms with Gasteiger partial charge in [0.2, 0.25) is 0 Å². The maximum atomic E-state index is 11.7. The van der Waals surface area contributed by atoms with Crippen molar-refractivity contribution in [2.75, 3.05) is 13.7 Å². The lowest BCUT2D eigenvalue weighted by atomic mass is 9.95. The first-order valence-corrected chi connectivity index (χ1v) is 5.91. The van der Waals surface area contributed by atoms with Gasteiger partial charge in [0.1, 0.15) is 6.04 Å². The number of carbonyl (C=O) groups excluding carboxylic acids is 1. The van der Waals surface area contributed by atoms with Crippen LogP contribution in [-0.2, 0) is 9.53 Å². The zero-order valence-electron chi connectivity index (χ0n) is 10.3. The lowest BCUT2D eigenvalue weighted by Crippen LogP contribution is -2.51. The molecule has 3 heteroatoms. The molecule has 0 amide bonds. The van der Waals surface area contributed by atoms with Gasteiger partial charge in [-0.2, -0.15) is 0 Å². The zero-order valence-corrected chi connectivity index (χ0v) is 10.3. The highest BCUT2D eigenvalue weighted by Crippen LogP contribution is 2.23. The molecule has 0 radical (unpaired) electrons. The number of methoxy groups -OCH3 is 1. The third-order valence-corrected chi connectivity index (χ3v) is 3.29. The van der Waals surface area contributed by atoms with E-state index in [4.69, 9.17) is 4.74 Å². The standard InChI is InChI=1S/C12H23NO2/c1-9(2)11(12(14)15-4)13-8-6-5-7-10(13)3/h9-11H,5-8H2,1-4H3/t10-,11-/m1/s1. The van der Waals surface area contributed by atoms with Gasteiger partial charge < -0.3 is 4.74 Å². The van der Waals surface area contributed by atoms with Gasteiger partial charge in [0.25, 0.3) is 0 Å². The maximum absolute atomic E-state index is 11.7. The fourth-order valence-electron chi connectivity index (χ4n) is 2.44. The highest BCUT2D eigenvalue weighted by Gasteiger charge is 2.33. The molecule has 0 spiro atoms. The second-order valence-electron chi connectivity index (χ2n) is 4.79. The van der Waals surface area contributed by atoms with Gasteiger partial charge in [-0.3, -0.25) is 9.69 Å². The van der Waals surface area contributed by atoms with Gasteiger partial charge in [0.15, 0.2) is 0 Å². The van der Waals surface area contributed by atoms with E-state index in [1.807, 2.05) is 0 Å². The van der Waals surface area contributed by atoms with Gasteiger partial charge in [-0.15, -0.1) is 0 Å². The van der Waals surface area contributed by atoms with Crippen LogP contribution in [0.3, 0.4) is 0 Å². The summed E-state index contributed by atoms with van der Waals surface area (Å²) < 4.78 is 4.89. The Morgan fingerprint density at radius 3 is 2.53 bits per heavy atom. The third-order valence-electron chi connectivity index (χ3n) is 3.29. The quantitative estimate of drug-likeness (QED) is 0.672. The molecule has 0 bridgehead atoms. The van der Waals surface area contributed by atoms with E-state index in [-0.39, 0.29) is 12.0 Å². The van der Waals surface area contributed by atoms with Gasteiger partial charge in [-0.25, -0.2) is 0 Å². The average Bonchev–Trinajstić information content (AvgIpc) is 2.20. The number of hydrogen-bond donors (Lipinski definition) is 0. The normalized spacial score (nSPS) is 25.3. The van der Waals surface area contributed by atoms with Crippen LogP contribution in [0.1, 0.15) is 40.0 Å². The summed E-state index contributed by atoms with van der Waals surface area (Å²) in [6.07, 6.45) is 3.68. The van der Waals surface area contributed by atoms with E-state index in [1.165, 1.54) is 26.4 Å². The number of nitrogens with zero attached hydrogens (tertiary/aromatic N) is 1. The second-order valence-corrected chi connectivity index (χ2v) is 4.79. The molecule has 1 saturated heterocycles. The third kappa shape index (κ3) is 2.94. The van der Waals surface area contributed by atoms with Crippen LogP contribution in [0.5, 0.6) is 0 Å². The molecule has 15 heavy (non-hydrogen) atoms. The van der Waals surface area contributed by atoms with Crippen LogP contribution in [-0.4, -0.2) is 36.6 Å². The number of esters is 1. The molecule has 0 aromatic rings. The average molecular weight is 213 g/mol.